The molecule has 4 aromatic rings. The van der Waals surface area contributed by atoms with Gasteiger partial charge in [0.25, 0.3) is 17.4 Å². The summed E-state index contributed by atoms with van der Waals surface area (Å²) < 4.78 is 6.81. The Morgan fingerprint density at radius 2 is 1.65 bits per heavy atom. The molecule has 1 aliphatic rings. The average Bonchev–Trinajstić information content (AvgIpc) is 3.07. The second-order valence-corrected chi connectivity index (χ2v) is 8.02. The van der Waals surface area contributed by atoms with Crippen LogP contribution in [0.1, 0.15) is 48.0 Å². The van der Waals surface area contributed by atoms with Crippen molar-refractivity contribution in [1.82, 2.24) is 9.38 Å². The number of carbonyl (C=O) groups excluding carboxylic acids is 3. The first-order valence-electron chi connectivity index (χ1n) is 10.6. The van der Waals surface area contributed by atoms with Crippen molar-refractivity contribution >= 4 is 29.1 Å². The number of nitrogens with zero attached hydrogens (tertiary/aromatic N) is 3. The SMILES string of the molecule is Cc1ccccc1N1C(=O)c2ccc(C(=O)OCc3cc(=O)n4c(C)cccc4n3)cc2C1=O. The number of benzene rings is 2. The van der Waals surface area contributed by atoms with Gasteiger partial charge in [0, 0.05) is 11.8 Å². The summed E-state index contributed by atoms with van der Waals surface area (Å²) in [4.78, 5) is 56.4. The number of imide groups is 1. The largest absolute Gasteiger partial charge is 0.456 e. The summed E-state index contributed by atoms with van der Waals surface area (Å²) in [5, 5.41) is 0. The molecule has 0 radical (unpaired) electrons. The lowest BCUT2D eigenvalue weighted by atomic mass is 10.1. The predicted octanol–water partition coefficient (Wildman–Crippen LogP) is 3.47. The summed E-state index contributed by atoms with van der Waals surface area (Å²) in [5.41, 5.74) is 3.01. The topological polar surface area (TPSA) is 98.1 Å². The lowest BCUT2D eigenvalue weighted by molar-refractivity contribution is 0.0467. The molecule has 0 fully saturated rings. The van der Waals surface area contributed by atoms with Crippen LogP contribution in [0.3, 0.4) is 0 Å². The van der Waals surface area contributed by atoms with Crippen molar-refractivity contribution in [2.45, 2.75) is 20.5 Å². The smallest absolute Gasteiger partial charge is 0.338 e. The normalized spacial score (nSPS) is 12.8. The summed E-state index contributed by atoms with van der Waals surface area (Å²) >= 11 is 0. The van der Waals surface area contributed by atoms with E-state index in [2.05, 4.69) is 4.98 Å². The zero-order valence-electron chi connectivity index (χ0n) is 18.4. The van der Waals surface area contributed by atoms with Gasteiger partial charge in [0.05, 0.1) is 28.1 Å². The predicted molar refractivity (Wildman–Crippen MR) is 124 cm³/mol. The Balaban J connectivity index is 1.38. The molecule has 0 N–H and O–H groups in total. The van der Waals surface area contributed by atoms with E-state index in [9.17, 15) is 19.2 Å². The molecule has 168 valence electrons. The molecule has 1 aliphatic heterocycles. The van der Waals surface area contributed by atoms with Gasteiger partial charge >= 0.3 is 5.97 Å². The molecule has 5 rings (SSSR count). The summed E-state index contributed by atoms with van der Waals surface area (Å²) in [5.74, 6) is -1.63. The van der Waals surface area contributed by atoms with Gasteiger partial charge in [-0.1, -0.05) is 24.3 Å². The molecule has 2 aromatic heterocycles. The highest BCUT2D eigenvalue weighted by molar-refractivity contribution is 6.34. The number of anilines is 1. The summed E-state index contributed by atoms with van der Waals surface area (Å²) in [7, 11) is 0. The molecule has 0 atom stereocenters. The molecule has 3 heterocycles. The molecule has 2 aromatic carbocycles. The molecule has 2 amide bonds. The molecule has 0 aliphatic carbocycles. The molecule has 0 spiro atoms. The molecule has 8 heteroatoms. The highest BCUT2D eigenvalue weighted by atomic mass is 16.5. The lowest BCUT2D eigenvalue weighted by Crippen LogP contribution is -2.29. The highest BCUT2D eigenvalue weighted by Crippen LogP contribution is 2.31. The van der Waals surface area contributed by atoms with Crippen LogP contribution in [0, 0.1) is 13.8 Å². The van der Waals surface area contributed by atoms with Crippen molar-refractivity contribution < 1.29 is 19.1 Å². The van der Waals surface area contributed by atoms with Crippen LogP contribution in [0.25, 0.3) is 5.65 Å². The van der Waals surface area contributed by atoms with E-state index in [0.717, 1.165) is 16.2 Å². The maximum Gasteiger partial charge on any atom is 0.338 e. The molecular weight excluding hydrogens is 434 g/mol. The van der Waals surface area contributed by atoms with Crippen molar-refractivity contribution in [2.24, 2.45) is 0 Å². The number of hydrogen-bond donors (Lipinski definition) is 0. The molecule has 0 saturated carbocycles. The van der Waals surface area contributed by atoms with Gasteiger partial charge in [0.2, 0.25) is 0 Å². The van der Waals surface area contributed by atoms with Crippen molar-refractivity contribution in [2.75, 3.05) is 4.90 Å². The summed E-state index contributed by atoms with van der Waals surface area (Å²) in [6.45, 7) is 3.41. The number of rotatable bonds is 4. The molecule has 0 bridgehead atoms. The number of carbonyl (C=O) groups is 3. The molecule has 0 saturated heterocycles. The number of aryl methyl sites for hydroxylation is 2. The van der Waals surface area contributed by atoms with Gasteiger partial charge in [-0.3, -0.25) is 18.8 Å². The Morgan fingerprint density at radius 1 is 0.882 bits per heavy atom. The number of amides is 2. The minimum atomic E-state index is -0.691. The Labute approximate surface area is 194 Å². The number of pyridine rings is 1. The van der Waals surface area contributed by atoms with Gasteiger partial charge in [0.1, 0.15) is 12.3 Å². The third-order valence-corrected chi connectivity index (χ3v) is 5.76. The number of esters is 1. The van der Waals surface area contributed by atoms with E-state index in [-0.39, 0.29) is 28.9 Å². The van der Waals surface area contributed by atoms with Gasteiger partial charge in [-0.2, -0.15) is 0 Å². The number of aromatic nitrogens is 2. The first kappa shape index (κ1) is 21.3. The Bertz CT molecular complexity index is 1570. The van der Waals surface area contributed by atoms with Gasteiger partial charge < -0.3 is 4.74 Å². The van der Waals surface area contributed by atoms with E-state index in [1.165, 1.54) is 28.7 Å². The second kappa shape index (κ2) is 8.08. The molecule has 34 heavy (non-hydrogen) atoms. The Kier molecular flexibility index (Phi) is 5.05. The minimum Gasteiger partial charge on any atom is -0.456 e. The Hall–Kier alpha value is -4.59. The quantitative estimate of drug-likeness (QED) is 0.347. The van der Waals surface area contributed by atoms with Crippen LogP contribution < -0.4 is 10.5 Å². The van der Waals surface area contributed by atoms with Crippen LogP contribution in [-0.4, -0.2) is 27.2 Å². The van der Waals surface area contributed by atoms with Gasteiger partial charge in [-0.15, -0.1) is 0 Å². The van der Waals surface area contributed by atoms with E-state index >= 15 is 0 Å². The van der Waals surface area contributed by atoms with Crippen LogP contribution in [0.5, 0.6) is 0 Å². The molecule has 8 nitrogen and oxygen atoms in total. The van der Waals surface area contributed by atoms with Gasteiger partial charge in [-0.25, -0.2) is 14.7 Å². The first-order valence-corrected chi connectivity index (χ1v) is 10.6. The van der Waals surface area contributed by atoms with Gasteiger partial charge in [0.15, 0.2) is 0 Å². The van der Waals surface area contributed by atoms with E-state index in [1.54, 1.807) is 37.3 Å². The minimum absolute atomic E-state index is 0.125. The second-order valence-electron chi connectivity index (χ2n) is 8.02. The zero-order valence-corrected chi connectivity index (χ0v) is 18.4. The average molecular weight is 453 g/mol. The first-order chi connectivity index (χ1) is 16.3. The van der Waals surface area contributed by atoms with Crippen LogP contribution in [0.4, 0.5) is 5.69 Å². The van der Waals surface area contributed by atoms with Crippen molar-refractivity contribution in [3.8, 4) is 0 Å². The van der Waals surface area contributed by atoms with Crippen LogP contribution in [0.2, 0.25) is 0 Å². The third kappa shape index (κ3) is 3.45. The maximum absolute atomic E-state index is 13.0. The maximum atomic E-state index is 13.0. The monoisotopic (exact) mass is 453 g/mol. The van der Waals surface area contributed by atoms with E-state index < -0.39 is 17.8 Å². The standard InChI is InChI=1S/C26H19N3O5/c1-15-6-3-4-8-21(15)29-24(31)19-11-10-17(12-20(19)25(29)32)26(33)34-14-18-13-23(30)28-16(2)7-5-9-22(28)27-18/h3-13H,14H2,1-2H3. The number of hydrogen-bond acceptors (Lipinski definition) is 6. The van der Waals surface area contributed by atoms with E-state index in [0.29, 0.717) is 17.0 Å². The number of para-hydroxylation sites is 1. The van der Waals surface area contributed by atoms with Crippen molar-refractivity contribution in [1.29, 1.82) is 0 Å². The Morgan fingerprint density at radius 3 is 2.44 bits per heavy atom. The summed E-state index contributed by atoms with van der Waals surface area (Å²) in [6, 6.07) is 18.0. The van der Waals surface area contributed by atoms with E-state index in [4.69, 9.17) is 4.74 Å². The number of ether oxygens (including phenoxy) is 1. The fraction of sp³-hybridized carbons (Fsp3) is 0.115. The van der Waals surface area contributed by atoms with Crippen molar-refractivity contribution in [3.05, 3.63) is 111 Å². The number of fused-ring (bicyclic) bond motifs is 2. The van der Waals surface area contributed by atoms with Gasteiger partial charge in [-0.05, 0) is 55.8 Å². The molecular formula is C26H19N3O5. The fourth-order valence-corrected chi connectivity index (χ4v) is 4.06. The van der Waals surface area contributed by atoms with E-state index in [1.807, 2.05) is 19.1 Å². The van der Waals surface area contributed by atoms with Crippen molar-refractivity contribution in [3.63, 3.8) is 0 Å². The zero-order chi connectivity index (χ0) is 24.0. The molecule has 0 unspecified atom stereocenters. The van der Waals surface area contributed by atoms with Crippen LogP contribution >= 0.6 is 0 Å². The fourth-order valence-electron chi connectivity index (χ4n) is 4.06. The summed E-state index contributed by atoms with van der Waals surface area (Å²) in [6.07, 6.45) is 0. The van der Waals surface area contributed by atoms with Crippen LogP contribution in [0.15, 0.2) is 71.5 Å². The lowest BCUT2D eigenvalue weighted by Gasteiger charge is -2.16. The third-order valence-electron chi connectivity index (χ3n) is 5.76. The highest BCUT2D eigenvalue weighted by Gasteiger charge is 2.37. The van der Waals surface area contributed by atoms with Crippen LogP contribution in [-0.2, 0) is 11.3 Å².